The van der Waals surface area contributed by atoms with Gasteiger partial charge < -0.3 is 18.1 Å². The molecule has 0 saturated carbocycles. The molecular formula is C24H45NNa2O6. The van der Waals surface area contributed by atoms with Crippen LogP contribution in [-0.4, -0.2) is 29.9 Å². The van der Waals surface area contributed by atoms with Crippen LogP contribution in [0.3, 0.4) is 0 Å². The molecular weight excluding hydrogens is 444 g/mol. The predicted molar refractivity (Wildman–Crippen MR) is 122 cm³/mol. The summed E-state index contributed by atoms with van der Waals surface area (Å²) >= 11 is 0. The zero-order valence-corrected chi connectivity index (χ0v) is 25.6. The van der Waals surface area contributed by atoms with Crippen molar-refractivity contribution in [2.24, 2.45) is 5.73 Å². The van der Waals surface area contributed by atoms with Gasteiger partial charge in [-0.3, -0.25) is 14.4 Å². The summed E-state index contributed by atoms with van der Waals surface area (Å²) in [6.45, 7) is 4.32. The molecule has 7 nitrogen and oxygen atoms in total. The Morgan fingerprint density at radius 1 is 0.606 bits per heavy atom. The van der Waals surface area contributed by atoms with Gasteiger partial charge in [-0.2, -0.15) is 0 Å². The first-order valence-corrected chi connectivity index (χ1v) is 12.1. The molecule has 2 N–H and O–H groups in total. The molecule has 0 unspecified atom stereocenters. The first-order valence-electron chi connectivity index (χ1n) is 12.1. The monoisotopic (exact) mass is 489 g/mol. The van der Waals surface area contributed by atoms with E-state index in [0.717, 1.165) is 38.5 Å². The minimum absolute atomic E-state index is 0. The van der Waals surface area contributed by atoms with E-state index < -0.39 is 36.3 Å². The Hall–Kier alpha value is 0.240. The summed E-state index contributed by atoms with van der Waals surface area (Å²) in [5.74, 6) is -3.10. The molecule has 0 aliphatic carbocycles. The largest absolute Gasteiger partial charge is 1.00 e. The minimum Gasteiger partial charge on any atom is -1.00 e. The number of carbonyl (C=O) groups is 4. The van der Waals surface area contributed by atoms with Gasteiger partial charge in [0.1, 0.15) is 6.04 Å². The quantitative estimate of drug-likeness (QED) is 0.111. The molecule has 0 aliphatic rings. The smallest absolute Gasteiger partial charge is 1.00 e. The van der Waals surface area contributed by atoms with Crippen LogP contribution in [0.15, 0.2) is 0 Å². The third-order valence-electron chi connectivity index (χ3n) is 5.10. The predicted octanol–water partition coefficient (Wildman–Crippen LogP) is -0.642. The van der Waals surface area contributed by atoms with Crippen molar-refractivity contribution in [1.29, 1.82) is 0 Å². The van der Waals surface area contributed by atoms with E-state index >= 15 is 0 Å². The Labute approximate surface area is 247 Å². The number of hydrogen-bond acceptors (Lipinski definition) is 7. The maximum absolute atomic E-state index is 11.8. The van der Waals surface area contributed by atoms with E-state index in [9.17, 15) is 19.2 Å². The van der Waals surface area contributed by atoms with Crippen LogP contribution in [0.1, 0.15) is 126 Å². The fourth-order valence-corrected chi connectivity index (χ4v) is 3.17. The standard InChI is InChI=1S/C24H43NO6.2Na.2H/c1-3-5-7-9-11-13-15-17-21(26)30-23(28)19-20(25)24(29)31-22(27)18-16-14-12-10-8-6-4-2;;;;/h20H,3-19,25H2,1-2H3;;;;/q;2*+1;2*-1/t20-;;;;/m0..../s1. The third kappa shape index (κ3) is 25.1. The summed E-state index contributed by atoms with van der Waals surface area (Å²) in [6, 6.07) is -1.32. The zero-order chi connectivity index (χ0) is 23.3. The molecule has 0 aromatic heterocycles. The molecule has 0 fully saturated rings. The summed E-state index contributed by atoms with van der Waals surface area (Å²) < 4.78 is 9.38. The maximum Gasteiger partial charge on any atom is 1.00 e. The van der Waals surface area contributed by atoms with Gasteiger partial charge in [0, 0.05) is 12.8 Å². The van der Waals surface area contributed by atoms with Crippen molar-refractivity contribution < 1.29 is 90.6 Å². The first-order chi connectivity index (χ1) is 14.9. The molecule has 1 atom stereocenters. The Kier molecular flexibility index (Phi) is 30.7. The van der Waals surface area contributed by atoms with Crippen LogP contribution < -0.4 is 64.8 Å². The van der Waals surface area contributed by atoms with Crippen molar-refractivity contribution in [3.05, 3.63) is 0 Å². The van der Waals surface area contributed by atoms with Crippen LogP contribution in [0.4, 0.5) is 0 Å². The number of esters is 4. The van der Waals surface area contributed by atoms with Gasteiger partial charge in [0.2, 0.25) is 0 Å². The zero-order valence-electron chi connectivity index (χ0n) is 23.6. The van der Waals surface area contributed by atoms with E-state index in [1.807, 2.05) is 0 Å². The number of carbonyl (C=O) groups excluding carboxylic acids is 4. The van der Waals surface area contributed by atoms with Crippen LogP contribution in [0, 0.1) is 0 Å². The van der Waals surface area contributed by atoms with E-state index in [1.54, 1.807) is 0 Å². The van der Waals surface area contributed by atoms with E-state index in [1.165, 1.54) is 38.5 Å². The van der Waals surface area contributed by atoms with Gasteiger partial charge in [-0.1, -0.05) is 90.9 Å². The van der Waals surface area contributed by atoms with E-state index in [-0.39, 0.29) is 74.8 Å². The van der Waals surface area contributed by atoms with E-state index in [2.05, 4.69) is 18.6 Å². The van der Waals surface area contributed by atoms with E-state index in [0.29, 0.717) is 12.8 Å². The summed E-state index contributed by atoms with van der Waals surface area (Å²) in [5, 5.41) is 0. The van der Waals surface area contributed by atoms with Crippen LogP contribution >= 0.6 is 0 Å². The molecule has 33 heavy (non-hydrogen) atoms. The van der Waals surface area contributed by atoms with Crippen molar-refractivity contribution in [2.75, 3.05) is 0 Å². The van der Waals surface area contributed by atoms with E-state index in [4.69, 9.17) is 10.5 Å². The average molecular weight is 490 g/mol. The van der Waals surface area contributed by atoms with Crippen LogP contribution in [0.25, 0.3) is 0 Å². The van der Waals surface area contributed by atoms with Gasteiger partial charge >= 0.3 is 83.0 Å². The third-order valence-corrected chi connectivity index (χ3v) is 5.10. The number of unbranched alkanes of at least 4 members (excludes halogenated alkanes) is 12. The molecule has 0 spiro atoms. The molecule has 0 aliphatic heterocycles. The average Bonchev–Trinajstić information content (AvgIpc) is 2.72. The molecule has 0 aromatic rings. The fraction of sp³-hybridized carbons (Fsp3) is 0.833. The van der Waals surface area contributed by atoms with Crippen LogP contribution in [-0.2, 0) is 28.7 Å². The van der Waals surface area contributed by atoms with Gasteiger partial charge in [0.05, 0.1) is 6.42 Å². The van der Waals surface area contributed by atoms with Crippen molar-refractivity contribution in [2.45, 2.75) is 129 Å². The molecule has 0 bridgehead atoms. The molecule has 0 saturated heterocycles. The summed E-state index contributed by atoms with van der Waals surface area (Å²) in [6.07, 6.45) is 14.6. The summed E-state index contributed by atoms with van der Waals surface area (Å²) in [5.41, 5.74) is 5.61. The number of ether oxygens (including phenoxy) is 2. The Bertz CT molecular complexity index is 542. The van der Waals surface area contributed by atoms with Crippen molar-refractivity contribution in [3.8, 4) is 0 Å². The first kappa shape index (κ1) is 37.8. The number of hydrogen-bond donors (Lipinski definition) is 1. The van der Waals surface area contributed by atoms with Crippen LogP contribution in [0.5, 0.6) is 0 Å². The fourth-order valence-electron chi connectivity index (χ4n) is 3.17. The van der Waals surface area contributed by atoms with Crippen molar-refractivity contribution in [1.82, 2.24) is 0 Å². The van der Waals surface area contributed by atoms with Gasteiger partial charge in [-0.25, -0.2) is 4.79 Å². The SMILES string of the molecule is CCCCCCCCCC(=O)OC(=O)C[C@H](N)C(=O)OC(=O)CCCCCCCCC.[H-].[H-].[Na+].[Na+]. The Balaban J connectivity index is -0.000000750. The Morgan fingerprint density at radius 2 is 0.970 bits per heavy atom. The summed E-state index contributed by atoms with van der Waals surface area (Å²) in [7, 11) is 0. The van der Waals surface area contributed by atoms with Gasteiger partial charge in [0.15, 0.2) is 0 Å². The van der Waals surface area contributed by atoms with Crippen molar-refractivity contribution in [3.63, 3.8) is 0 Å². The molecule has 0 heterocycles. The molecule has 0 amide bonds. The summed E-state index contributed by atoms with van der Waals surface area (Å²) in [4.78, 5) is 47.0. The number of nitrogens with two attached hydrogens (primary N) is 1. The maximum atomic E-state index is 11.8. The van der Waals surface area contributed by atoms with Gasteiger partial charge in [-0.15, -0.1) is 0 Å². The van der Waals surface area contributed by atoms with Gasteiger partial charge in [0.25, 0.3) is 0 Å². The molecule has 184 valence electrons. The molecule has 0 radical (unpaired) electrons. The molecule has 0 aromatic carbocycles. The normalized spacial score (nSPS) is 11.0. The van der Waals surface area contributed by atoms with Gasteiger partial charge in [-0.05, 0) is 12.8 Å². The molecule has 0 rings (SSSR count). The minimum atomic E-state index is -1.32. The number of rotatable bonds is 19. The second kappa shape index (κ2) is 26.8. The second-order valence-electron chi connectivity index (χ2n) is 8.19. The Morgan fingerprint density at radius 3 is 1.39 bits per heavy atom. The molecule has 9 heteroatoms. The second-order valence-corrected chi connectivity index (χ2v) is 8.19. The van der Waals surface area contributed by atoms with Crippen LogP contribution in [0.2, 0.25) is 0 Å². The van der Waals surface area contributed by atoms with Crippen molar-refractivity contribution >= 4 is 23.9 Å². The topological polar surface area (TPSA) is 113 Å².